The van der Waals surface area contributed by atoms with Gasteiger partial charge in [0.25, 0.3) is 0 Å². The van der Waals surface area contributed by atoms with Gasteiger partial charge in [-0.3, -0.25) is 4.79 Å². The Morgan fingerprint density at radius 3 is 2.68 bits per heavy atom. The first kappa shape index (κ1) is 13.8. The number of carboxylic acids is 1. The molecule has 0 fully saturated rings. The van der Waals surface area contributed by atoms with Crippen LogP contribution in [-0.4, -0.2) is 36.9 Å². The molecule has 104 valence electrons. The normalized spacial score (nSPS) is 20.6. The van der Waals surface area contributed by atoms with Crippen molar-refractivity contribution in [1.29, 1.82) is 0 Å². The van der Waals surface area contributed by atoms with E-state index < -0.39 is 21.9 Å². The van der Waals surface area contributed by atoms with E-state index in [1.807, 2.05) is 0 Å². The smallest absolute Gasteiger partial charge is 0.311 e. The molecule has 0 radical (unpaired) electrons. The number of nitrogens with zero attached hydrogens (tertiary/aromatic N) is 1. The van der Waals surface area contributed by atoms with E-state index in [4.69, 9.17) is 9.52 Å². The standard InChI is InChI=1S/C12H15NO5S/c1-8-6-11(9(2)18-8)19(16,17)13-5-3-4-10(7-13)12(14)15/h3-4,6,10H,5,7H2,1-2H3,(H,14,15). The zero-order valence-electron chi connectivity index (χ0n) is 10.7. The first-order valence-corrected chi connectivity index (χ1v) is 7.23. The Kier molecular flexibility index (Phi) is 3.51. The number of rotatable bonds is 3. The van der Waals surface area contributed by atoms with Crippen LogP contribution in [0.3, 0.4) is 0 Å². The van der Waals surface area contributed by atoms with Crippen LogP contribution in [-0.2, 0) is 14.8 Å². The van der Waals surface area contributed by atoms with Crippen LogP contribution in [0.25, 0.3) is 0 Å². The van der Waals surface area contributed by atoms with Crippen LogP contribution in [0.4, 0.5) is 0 Å². The second-order valence-electron chi connectivity index (χ2n) is 4.47. The van der Waals surface area contributed by atoms with Crippen LogP contribution in [0.2, 0.25) is 0 Å². The monoisotopic (exact) mass is 285 g/mol. The average Bonchev–Trinajstić information content (AvgIpc) is 2.69. The molecule has 7 heteroatoms. The van der Waals surface area contributed by atoms with Crippen LogP contribution in [0.1, 0.15) is 11.5 Å². The lowest BCUT2D eigenvalue weighted by Gasteiger charge is -2.25. The molecule has 1 aliphatic rings. The average molecular weight is 285 g/mol. The lowest BCUT2D eigenvalue weighted by atomic mass is 10.1. The summed E-state index contributed by atoms with van der Waals surface area (Å²) in [6, 6.07) is 1.46. The Labute approximate surface area is 111 Å². The molecule has 0 saturated heterocycles. The van der Waals surface area contributed by atoms with Crippen molar-refractivity contribution in [3.8, 4) is 0 Å². The van der Waals surface area contributed by atoms with Gasteiger partial charge in [0, 0.05) is 13.1 Å². The molecule has 1 N–H and O–H groups in total. The molecule has 1 atom stereocenters. The van der Waals surface area contributed by atoms with Crippen LogP contribution >= 0.6 is 0 Å². The first-order valence-electron chi connectivity index (χ1n) is 5.79. The Bertz CT molecular complexity index is 629. The molecule has 1 aromatic heterocycles. The Balaban J connectivity index is 2.33. The third kappa shape index (κ3) is 2.57. The molecule has 0 aromatic carbocycles. The Morgan fingerprint density at radius 1 is 1.47 bits per heavy atom. The Hall–Kier alpha value is -1.60. The van der Waals surface area contributed by atoms with Crippen molar-refractivity contribution >= 4 is 16.0 Å². The summed E-state index contributed by atoms with van der Waals surface area (Å²) in [6.07, 6.45) is 3.07. The maximum atomic E-state index is 12.4. The van der Waals surface area contributed by atoms with E-state index in [1.165, 1.54) is 12.1 Å². The molecule has 0 aliphatic carbocycles. The van der Waals surface area contributed by atoms with Crippen molar-refractivity contribution in [2.45, 2.75) is 18.7 Å². The minimum atomic E-state index is -3.71. The van der Waals surface area contributed by atoms with Crippen LogP contribution in [0, 0.1) is 19.8 Å². The lowest BCUT2D eigenvalue weighted by molar-refractivity contribution is -0.140. The van der Waals surface area contributed by atoms with Gasteiger partial charge in [0.15, 0.2) is 0 Å². The Morgan fingerprint density at radius 2 is 2.16 bits per heavy atom. The molecule has 6 nitrogen and oxygen atoms in total. The van der Waals surface area contributed by atoms with Crippen molar-refractivity contribution in [2.24, 2.45) is 5.92 Å². The number of furan rings is 1. The van der Waals surface area contributed by atoms with E-state index in [2.05, 4.69) is 0 Å². The first-order chi connectivity index (χ1) is 8.82. The number of carboxylic acid groups (broad SMARTS) is 1. The molecule has 0 bridgehead atoms. The SMILES string of the molecule is Cc1cc(S(=O)(=O)N2CC=CC(C(=O)O)C2)c(C)o1. The highest BCUT2D eigenvalue weighted by atomic mass is 32.2. The second kappa shape index (κ2) is 4.82. The summed E-state index contributed by atoms with van der Waals surface area (Å²) in [4.78, 5) is 11.0. The van der Waals surface area contributed by atoms with E-state index in [0.717, 1.165) is 4.31 Å². The minimum absolute atomic E-state index is 0.0577. The fourth-order valence-corrected chi connectivity index (χ4v) is 3.69. The van der Waals surface area contributed by atoms with Crippen molar-refractivity contribution in [1.82, 2.24) is 4.31 Å². The summed E-state index contributed by atoms with van der Waals surface area (Å²) in [7, 11) is -3.71. The topological polar surface area (TPSA) is 87.8 Å². The quantitative estimate of drug-likeness (QED) is 0.842. The minimum Gasteiger partial charge on any atom is -0.481 e. The number of sulfonamides is 1. The lowest BCUT2D eigenvalue weighted by Crippen LogP contribution is -2.39. The van der Waals surface area contributed by atoms with Gasteiger partial charge in [-0.2, -0.15) is 4.31 Å². The molecule has 19 heavy (non-hydrogen) atoms. The van der Waals surface area contributed by atoms with Crippen LogP contribution in [0.15, 0.2) is 27.5 Å². The zero-order valence-corrected chi connectivity index (χ0v) is 11.5. The summed E-state index contributed by atoms with van der Waals surface area (Å²) in [6.45, 7) is 3.37. The van der Waals surface area contributed by atoms with Gasteiger partial charge in [0.1, 0.15) is 16.4 Å². The summed E-state index contributed by atoms with van der Waals surface area (Å²) in [5.41, 5.74) is 0. The number of aryl methyl sites for hydroxylation is 2. The third-order valence-corrected chi connectivity index (χ3v) is 4.95. The highest BCUT2D eigenvalue weighted by Gasteiger charge is 2.32. The molecule has 1 aromatic rings. The van der Waals surface area contributed by atoms with Crippen molar-refractivity contribution in [3.05, 3.63) is 29.7 Å². The predicted octanol–water partition coefficient (Wildman–Crippen LogP) is 1.16. The van der Waals surface area contributed by atoms with Gasteiger partial charge >= 0.3 is 5.97 Å². The van der Waals surface area contributed by atoms with E-state index in [1.54, 1.807) is 19.9 Å². The summed E-state index contributed by atoms with van der Waals surface area (Å²) >= 11 is 0. The van der Waals surface area contributed by atoms with E-state index in [-0.39, 0.29) is 18.0 Å². The molecule has 2 rings (SSSR count). The molecule has 2 heterocycles. The molecule has 1 unspecified atom stereocenters. The number of aliphatic carboxylic acids is 1. The largest absolute Gasteiger partial charge is 0.481 e. The number of hydrogen-bond acceptors (Lipinski definition) is 4. The molecule has 0 spiro atoms. The maximum Gasteiger partial charge on any atom is 0.311 e. The van der Waals surface area contributed by atoms with Gasteiger partial charge in [0.2, 0.25) is 10.0 Å². The van der Waals surface area contributed by atoms with Gasteiger partial charge in [-0.15, -0.1) is 0 Å². The summed E-state index contributed by atoms with van der Waals surface area (Å²) < 4.78 is 31.2. The van der Waals surface area contributed by atoms with Crippen molar-refractivity contribution in [3.63, 3.8) is 0 Å². The molecule has 1 aliphatic heterocycles. The van der Waals surface area contributed by atoms with Gasteiger partial charge in [-0.1, -0.05) is 12.2 Å². The fourth-order valence-electron chi connectivity index (χ4n) is 2.06. The fraction of sp³-hybridized carbons (Fsp3) is 0.417. The highest BCUT2D eigenvalue weighted by molar-refractivity contribution is 7.89. The third-order valence-electron chi connectivity index (χ3n) is 3.01. The van der Waals surface area contributed by atoms with Gasteiger partial charge in [0.05, 0.1) is 5.92 Å². The van der Waals surface area contributed by atoms with Gasteiger partial charge in [-0.05, 0) is 19.9 Å². The van der Waals surface area contributed by atoms with E-state index in [0.29, 0.717) is 11.5 Å². The number of carbonyl (C=O) groups is 1. The maximum absolute atomic E-state index is 12.4. The summed E-state index contributed by atoms with van der Waals surface area (Å²) in [5.74, 6) is -1.01. The molecule has 0 amide bonds. The predicted molar refractivity (Wildman–Crippen MR) is 67.2 cm³/mol. The van der Waals surface area contributed by atoms with Crippen LogP contribution < -0.4 is 0 Å². The second-order valence-corrected chi connectivity index (χ2v) is 6.38. The molecular weight excluding hydrogens is 270 g/mol. The molecule has 0 saturated carbocycles. The van der Waals surface area contributed by atoms with Gasteiger partial charge < -0.3 is 9.52 Å². The number of hydrogen-bond donors (Lipinski definition) is 1. The molecular formula is C12H15NO5S. The zero-order chi connectivity index (χ0) is 14.2. The highest BCUT2D eigenvalue weighted by Crippen LogP contribution is 2.25. The summed E-state index contributed by atoms with van der Waals surface area (Å²) in [5, 5.41) is 8.96. The van der Waals surface area contributed by atoms with E-state index >= 15 is 0 Å². The van der Waals surface area contributed by atoms with Crippen LogP contribution in [0.5, 0.6) is 0 Å². The van der Waals surface area contributed by atoms with Gasteiger partial charge in [-0.25, -0.2) is 8.42 Å². The van der Waals surface area contributed by atoms with Crippen molar-refractivity contribution < 1.29 is 22.7 Å². The van der Waals surface area contributed by atoms with Crippen molar-refractivity contribution in [2.75, 3.05) is 13.1 Å². The van der Waals surface area contributed by atoms with E-state index in [9.17, 15) is 13.2 Å².